The van der Waals surface area contributed by atoms with E-state index in [1.165, 1.54) is 16.9 Å². The first-order chi connectivity index (χ1) is 11.3. The molecule has 0 spiro atoms. The summed E-state index contributed by atoms with van der Waals surface area (Å²) in [7, 11) is 0. The van der Waals surface area contributed by atoms with Crippen molar-refractivity contribution in [3.63, 3.8) is 0 Å². The number of hydroxylamine groups is 1. The molecule has 0 aliphatic rings. The average molecular weight is 326 g/mol. The number of carbonyl (C=O) groups excluding carboxylic acids is 1. The number of benzene rings is 2. The summed E-state index contributed by atoms with van der Waals surface area (Å²) in [5, 5.41) is 13.1. The maximum absolute atomic E-state index is 11.4. The molecule has 0 saturated heterocycles. The van der Waals surface area contributed by atoms with Gasteiger partial charge in [0.2, 0.25) is 0 Å². The highest BCUT2D eigenvalue weighted by atomic mass is 32.1. The van der Waals surface area contributed by atoms with E-state index in [-0.39, 0.29) is 0 Å². The van der Waals surface area contributed by atoms with Crippen LogP contribution in [-0.4, -0.2) is 17.7 Å². The number of nitrogens with one attached hydrogen (secondary N) is 2. The molecule has 1 aromatic heterocycles. The topological polar surface area (TPSA) is 61.4 Å². The van der Waals surface area contributed by atoms with Crippen molar-refractivity contribution in [3.8, 4) is 0 Å². The Morgan fingerprint density at radius 1 is 1.09 bits per heavy atom. The quantitative estimate of drug-likeness (QED) is 0.363. The molecule has 3 aromatic rings. The molecule has 0 saturated carbocycles. The molecule has 1 amide bonds. The zero-order valence-corrected chi connectivity index (χ0v) is 13.4. The second kappa shape index (κ2) is 7.26. The van der Waals surface area contributed by atoms with Crippen LogP contribution in [-0.2, 0) is 6.42 Å². The minimum Gasteiger partial charge on any atom is -0.385 e. The van der Waals surface area contributed by atoms with Gasteiger partial charge in [0.05, 0.1) is 4.88 Å². The molecule has 0 atom stereocenters. The number of thiophene rings is 1. The lowest BCUT2D eigenvalue weighted by Crippen LogP contribution is -2.16. The maximum atomic E-state index is 11.4. The number of amides is 1. The molecule has 4 nitrogen and oxygen atoms in total. The highest BCUT2D eigenvalue weighted by Gasteiger charge is 2.09. The summed E-state index contributed by atoms with van der Waals surface area (Å²) in [5.41, 5.74) is 4.06. The highest BCUT2D eigenvalue weighted by Crippen LogP contribution is 2.28. The van der Waals surface area contributed by atoms with Gasteiger partial charge in [-0.2, -0.15) is 0 Å². The van der Waals surface area contributed by atoms with Crippen LogP contribution < -0.4 is 10.8 Å². The van der Waals surface area contributed by atoms with Crippen molar-refractivity contribution in [2.45, 2.75) is 12.8 Å². The first kappa shape index (κ1) is 15.5. The van der Waals surface area contributed by atoms with Crippen molar-refractivity contribution in [1.29, 1.82) is 0 Å². The molecule has 0 radical (unpaired) electrons. The fraction of sp³-hybridized carbons (Fsp3) is 0.167. The molecule has 0 fully saturated rings. The van der Waals surface area contributed by atoms with Crippen molar-refractivity contribution in [2.75, 3.05) is 11.9 Å². The summed E-state index contributed by atoms with van der Waals surface area (Å²) in [5.74, 6) is -0.469. The molecule has 0 aliphatic heterocycles. The second-order valence-electron chi connectivity index (χ2n) is 5.32. The Balaban J connectivity index is 1.59. The number of carbonyl (C=O) groups is 1. The number of fused-ring (bicyclic) bond motifs is 1. The number of aryl methyl sites for hydroxylation is 1. The fourth-order valence-corrected chi connectivity index (χ4v) is 3.47. The van der Waals surface area contributed by atoms with Gasteiger partial charge in [0.15, 0.2) is 0 Å². The van der Waals surface area contributed by atoms with Gasteiger partial charge in [-0.15, -0.1) is 11.3 Å². The monoisotopic (exact) mass is 326 g/mol. The van der Waals surface area contributed by atoms with Gasteiger partial charge in [0.1, 0.15) is 0 Å². The number of hydrogen-bond acceptors (Lipinski definition) is 4. The van der Waals surface area contributed by atoms with Crippen molar-refractivity contribution in [3.05, 3.63) is 65.0 Å². The third-order valence-corrected chi connectivity index (χ3v) is 4.76. The molecule has 1 heterocycles. The lowest BCUT2D eigenvalue weighted by Gasteiger charge is -2.06. The molecule has 0 bridgehead atoms. The molecule has 3 rings (SSSR count). The van der Waals surface area contributed by atoms with Crippen LogP contribution in [0.15, 0.2) is 54.6 Å². The van der Waals surface area contributed by atoms with E-state index in [4.69, 9.17) is 5.21 Å². The first-order valence-electron chi connectivity index (χ1n) is 7.52. The molecule has 0 aliphatic carbocycles. The molecule has 23 heavy (non-hydrogen) atoms. The van der Waals surface area contributed by atoms with E-state index in [9.17, 15) is 4.79 Å². The van der Waals surface area contributed by atoms with E-state index in [2.05, 4.69) is 29.6 Å². The van der Waals surface area contributed by atoms with Gasteiger partial charge in [-0.3, -0.25) is 10.0 Å². The van der Waals surface area contributed by atoms with Gasteiger partial charge in [-0.25, -0.2) is 5.48 Å². The summed E-state index contributed by atoms with van der Waals surface area (Å²) >= 11 is 1.37. The van der Waals surface area contributed by atoms with Crippen molar-refractivity contribution in [2.24, 2.45) is 0 Å². The lowest BCUT2D eigenvalue weighted by molar-refractivity contribution is 0.0711. The van der Waals surface area contributed by atoms with E-state index >= 15 is 0 Å². The van der Waals surface area contributed by atoms with Crippen LogP contribution in [0.5, 0.6) is 0 Å². The van der Waals surface area contributed by atoms with Gasteiger partial charge in [0, 0.05) is 16.9 Å². The Labute approximate surface area is 138 Å². The summed E-state index contributed by atoms with van der Waals surface area (Å²) in [4.78, 5) is 12.0. The zero-order chi connectivity index (χ0) is 16.1. The molecule has 118 valence electrons. The molecule has 5 heteroatoms. The van der Waals surface area contributed by atoms with Gasteiger partial charge >= 0.3 is 0 Å². The third-order valence-electron chi connectivity index (χ3n) is 3.66. The lowest BCUT2D eigenvalue weighted by atomic mass is 10.1. The summed E-state index contributed by atoms with van der Waals surface area (Å²) in [6.07, 6.45) is 2.11. The minimum absolute atomic E-state index is 0.469. The Morgan fingerprint density at radius 3 is 2.70 bits per heavy atom. The number of anilines is 1. The van der Waals surface area contributed by atoms with E-state index in [1.54, 1.807) is 11.5 Å². The van der Waals surface area contributed by atoms with Crippen LogP contribution in [0.4, 0.5) is 5.69 Å². The Morgan fingerprint density at radius 2 is 1.91 bits per heavy atom. The normalized spacial score (nSPS) is 10.7. The molecule has 0 unspecified atom stereocenters. The zero-order valence-electron chi connectivity index (χ0n) is 12.6. The first-order valence-corrected chi connectivity index (χ1v) is 8.34. The molecular formula is C18H18N2O2S. The highest BCUT2D eigenvalue weighted by molar-refractivity contribution is 7.20. The molecule has 3 N–H and O–H groups in total. The summed E-state index contributed by atoms with van der Waals surface area (Å²) in [6.45, 7) is 0.899. The minimum atomic E-state index is -0.469. The van der Waals surface area contributed by atoms with Crippen LogP contribution >= 0.6 is 11.3 Å². The smallest absolute Gasteiger partial charge is 0.284 e. The largest absolute Gasteiger partial charge is 0.385 e. The summed E-state index contributed by atoms with van der Waals surface area (Å²) < 4.78 is 1.02. The van der Waals surface area contributed by atoms with Crippen molar-refractivity contribution in [1.82, 2.24) is 5.48 Å². The summed E-state index contributed by atoms with van der Waals surface area (Å²) in [6, 6.07) is 18.3. The van der Waals surface area contributed by atoms with Gasteiger partial charge in [-0.1, -0.05) is 36.4 Å². The molecular weight excluding hydrogens is 308 g/mol. The van der Waals surface area contributed by atoms with E-state index in [0.29, 0.717) is 4.88 Å². The van der Waals surface area contributed by atoms with E-state index in [1.807, 2.05) is 24.3 Å². The van der Waals surface area contributed by atoms with Crippen LogP contribution in [0.2, 0.25) is 0 Å². The fourth-order valence-electron chi connectivity index (χ4n) is 2.48. The Hall–Kier alpha value is -2.37. The van der Waals surface area contributed by atoms with Crippen LogP contribution in [0, 0.1) is 0 Å². The van der Waals surface area contributed by atoms with Gasteiger partial charge in [0.25, 0.3) is 5.91 Å². The Bertz CT molecular complexity index is 799. The van der Waals surface area contributed by atoms with Crippen LogP contribution in [0.25, 0.3) is 10.1 Å². The Kier molecular flexibility index (Phi) is 4.90. The van der Waals surface area contributed by atoms with Crippen LogP contribution in [0.1, 0.15) is 21.7 Å². The molecule has 2 aromatic carbocycles. The number of hydrogen-bond donors (Lipinski definition) is 3. The van der Waals surface area contributed by atoms with Crippen molar-refractivity contribution >= 4 is 33.0 Å². The van der Waals surface area contributed by atoms with E-state index in [0.717, 1.165) is 35.2 Å². The SMILES string of the molecule is O=C(NO)c1cc2ccc(NCCCc3ccccc3)cc2s1. The van der Waals surface area contributed by atoms with Crippen molar-refractivity contribution < 1.29 is 10.0 Å². The third kappa shape index (κ3) is 3.88. The second-order valence-corrected chi connectivity index (χ2v) is 6.40. The maximum Gasteiger partial charge on any atom is 0.284 e. The predicted octanol–water partition coefficient (Wildman–Crippen LogP) is 4.07. The number of rotatable bonds is 6. The van der Waals surface area contributed by atoms with E-state index < -0.39 is 5.91 Å². The van der Waals surface area contributed by atoms with Crippen LogP contribution in [0.3, 0.4) is 0 Å². The predicted molar refractivity (Wildman–Crippen MR) is 94.3 cm³/mol. The average Bonchev–Trinajstić information content (AvgIpc) is 3.02. The standard InChI is InChI=1S/C18H18N2O2S/c21-18(20-22)17-11-14-8-9-15(12-16(14)23-17)19-10-4-7-13-5-2-1-3-6-13/h1-3,5-6,8-9,11-12,19,22H,4,7,10H2,(H,20,21). The van der Waals surface area contributed by atoms with Gasteiger partial charge in [-0.05, 0) is 42.0 Å². The van der Waals surface area contributed by atoms with Gasteiger partial charge < -0.3 is 5.32 Å².